The molecule has 0 fully saturated rings. The molecule has 0 aliphatic heterocycles. The molecule has 0 heterocycles. The summed E-state index contributed by atoms with van der Waals surface area (Å²) >= 11 is 4.78. The minimum atomic E-state index is -0.436. The van der Waals surface area contributed by atoms with E-state index in [0.717, 1.165) is 15.6 Å². The van der Waals surface area contributed by atoms with Gasteiger partial charge in [0.25, 0.3) is 5.69 Å². The average molecular weight is 422 g/mol. The molecule has 0 atom stereocenters. The van der Waals surface area contributed by atoms with Crippen molar-refractivity contribution in [1.29, 1.82) is 0 Å². The van der Waals surface area contributed by atoms with E-state index in [1.165, 1.54) is 23.9 Å². The monoisotopic (exact) mass is 421 g/mol. The van der Waals surface area contributed by atoms with E-state index in [-0.39, 0.29) is 17.3 Å². The molecular weight excluding hydrogens is 406 g/mol. The number of nitrogens with zero attached hydrogens (tertiary/aromatic N) is 1. The Balaban J connectivity index is 1.70. The number of carbonyl (C=O) groups excluding carboxylic acids is 1. The average Bonchev–Trinajstić information content (AvgIpc) is 2.60. The molecule has 1 amide bonds. The predicted octanol–water partition coefficient (Wildman–Crippen LogP) is 3.88. The lowest BCUT2D eigenvalue weighted by Crippen LogP contribution is -2.37. The molecule has 130 valence electrons. The van der Waals surface area contributed by atoms with Gasteiger partial charge in [-0.05, 0) is 23.3 Å². The molecule has 2 N–H and O–H groups in total. The first-order valence-electron chi connectivity index (χ1n) is 7.26. The maximum Gasteiger partial charge on any atom is 0.269 e. The lowest BCUT2D eigenvalue weighted by Gasteiger charge is -2.11. The van der Waals surface area contributed by atoms with Crippen LogP contribution in [0.1, 0.15) is 11.1 Å². The van der Waals surface area contributed by atoms with Crippen molar-refractivity contribution in [3.8, 4) is 0 Å². The predicted molar refractivity (Wildman–Crippen MR) is 104 cm³/mol. The second kappa shape index (κ2) is 9.24. The first-order valence-corrected chi connectivity index (χ1v) is 9.21. The van der Waals surface area contributed by atoms with Gasteiger partial charge in [0.2, 0.25) is 5.91 Å². The Bertz CT molecular complexity index is 764. The lowest BCUT2D eigenvalue weighted by atomic mass is 10.2. The molecule has 8 heteroatoms. The summed E-state index contributed by atoms with van der Waals surface area (Å²) in [6, 6.07) is 13.9. The van der Waals surface area contributed by atoms with Crippen LogP contribution < -0.4 is 10.9 Å². The first-order chi connectivity index (χ1) is 12.0. The molecule has 25 heavy (non-hydrogen) atoms. The van der Waals surface area contributed by atoms with Crippen LogP contribution in [0.2, 0.25) is 0 Å². The van der Waals surface area contributed by atoms with Crippen LogP contribution in [-0.2, 0) is 10.5 Å². The fourth-order valence-corrected chi connectivity index (χ4v) is 2.93. The van der Waals surface area contributed by atoms with Gasteiger partial charge >= 0.3 is 0 Å². The fourth-order valence-electron chi connectivity index (χ4n) is 1.88. The summed E-state index contributed by atoms with van der Waals surface area (Å²) in [5.41, 5.74) is 7.84. The van der Waals surface area contributed by atoms with Crippen LogP contribution in [0.4, 0.5) is 5.69 Å². The number of nitrogens with one attached hydrogen (secondary N) is 2. The molecule has 0 aliphatic carbocycles. The highest BCUT2D eigenvalue weighted by Crippen LogP contribution is 2.17. The summed E-state index contributed by atoms with van der Waals surface area (Å²) < 4.78 is 0.968. The number of thioether (sulfide) groups is 1. The number of hydrogen-bond acceptors (Lipinski definition) is 5. The Kier molecular flexibility index (Phi) is 7.03. The Morgan fingerprint density at radius 1 is 1.12 bits per heavy atom. The minimum Gasteiger partial charge on any atom is -0.299 e. The molecule has 0 aliphatic rings. The quantitative estimate of drug-likeness (QED) is 0.498. The number of hydrazine groups is 1. The summed E-state index contributed by atoms with van der Waals surface area (Å²) in [5, 5.41) is 10.6. The van der Waals surface area contributed by atoms with E-state index in [4.69, 9.17) is 0 Å². The fraction of sp³-hybridized carbons (Fsp3) is 0.118. The number of amides is 1. The molecule has 0 radical (unpaired) electrons. The minimum absolute atomic E-state index is 0.0575. The van der Waals surface area contributed by atoms with E-state index in [2.05, 4.69) is 33.4 Å². The lowest BCUT2D eigenvalue weighted by molar-refractivity contribution is -0.384. The van der Waals surface area contributed by atoms with E-state index < -0.39 is 4.92 Å². The zero-order valence-corrected chi connectivity index (χ0v) is 15.6. The van der Waals surface area contributed by atoms with Crippen LogP contribution in [-0.4, -0.2) is 16.6 Å². The number of halogens is 1. The van der Waals surface area contributed by atoms with Gasteiger partial charge in [-0.2, -0.15) is 0 Å². The van der Waals surface area contributed by atoms with Gasteiger partial charge < -0.3 is 0 Å². The third kappa shape index (κ3) is 6.24. The van der Waals surface area contributed by atoms with Crippen LogP contribution in [0.3, 0.4) is 0 Å². The maximum atomic E-state index is 11.8. The van der Waals surface area contributed by atoms with Gasteiger partial charge in [-0.15, -0.1) is 11.8 Å². The molecule has 0 spiro atoms. The summed E-state index contributed by atoms with van der Waals surface area (Å²) in [6.45, 7) is 3.87. The second-order valence-electron chi connectivity index (χ2n) is 5.07. The smallest absolute Gasteiger partial charge is 0.269 e. The molecular formula is C17H16BrN3O3S. The molecule has 2 rings (SSSR count). The van der Waals surface area contributed by atoms with E-state index in [9.17, 15) is 14.9 Å². The Morgan fingerprint density at radius 2 is 1.76 bits per heavy atom. The van der Waals surface area contributed by atoms with Crippen molar-refractivity contribution in [1.82, 2.24) is 10.9 Å². The van der Waals surface area contributed by atoms with Gasteiger partial charge in [-0.1, -0.05) is 46.8 Å². The van der Waals surface area contributed by atoms with Crippen LogP contribution in [0.5, 0.6) is 0 Å². The summed E-state index contributed by atoms with van der Waals surface area (Å²) in [7, 11) is 0. The number of hydrogen-bond donors (Lipinski definition) is 2. The molecule has 0 saturated carbocycles. The van der Waals surface area contributed by atoms with E-state index in [1.54, 1.807) is 12.1 Å². The Labute approximate surface area is 157 Å². The summed E-state index contributed by atoms with van der Waals surface area (Å²) in [6.07, 6.45) is 0. The summed E-state index contributed by atoms with van der Waals surface area (Å²) in [4.78, 5) is 22.0. The molecule has 0 aromatic heterocycles. The maximum absolute atomic E-state index is 11.8. The largest absolute Gasteiger partial charge is 0.299 e. The Morgan fingerprint density at radius 3 is 2.36 bits per heavy atom. The molecule has 0 saturated heterocycles. The van der Waals surface area contributed by atoms with E-state index in [0.29, 0.717) is 11.4 Å². The van der Waals surface area contributed by atoms with Gasteiger partial charge in [0.15, 0.2) is 0 Å². The van der Waals surface area contributed by atoms with Crippen molar-refractivity contribution in [2.45, 2.75) is 5.75 Å². The van der Waals surface area contributed by atoms with Crippen LogP contribution in [0.15, 0.2) is 59.6 Å². The van der Waals surface area contributed by atoms with Crippen molar-refractivity contribution >= 4 is 45.0 Å². The standard InChI is InChI=1S/C17H16BrN3O3S/c1-12(14-4-6-15(18)7-5-14)19-20-17(22)11-25-10-13-2-8-16(9-3-13)21(23)24/h2-9,19H,1,10-11H2,(H,20,22). The normalized spacial score (nSPS) is 10.1. The Hall–Kier alpha value is -2.32. The van der Waals surface area contributed by atoms with Crippen molar-refractivity contribution < 1.29 is 9.72 Å². The third-order valence-corrected chi connectivity index (χ3v) is 4.73. The van der Waals surface area contributed by atoms with Crippen LogP contribution in [0, 0.1) is 10.1 Å². The van der Waals surface area contributed by atoms with Crippen LogP contribution in [0.25, 0.3) is 5.70 Å². The van der Waals surface area contributed by atoms with Crippen LogP contribution >= 0.6 is 27.7 Å². The number of non-ortho nitro benzene ring substituents is 1. The van der Waals surface area contributed by atoms with Crippen molar-refractivity contribution in [3.05, 3.63) is 80.8 Å². The zero-order valence-electron chi connectivity index (χ0n) is 13.2. The van der Waals surface area contributed by atoms with E-state index >= 15 is 0 Å². The van der Waals surface area contributed by atoms with Gasteiger partial charge in [0, 0.05) is 22.4 Å². The number of nitro benzene ring substituents is 1. The van der Waals surface area contributed by atoms with Crippen molar-refractivity contribution in [3.63, 3.8) is 0 Å². The number of rotatable bonds is 8. The van der Waals surface area contributed by atoms with Gasteiger partial charge in [0.1, 0.15) is 0 Å². The van der Waals surface area contributed by atoms with Gasteiger partial charge in [0.05, 0.1) is 16.4 Å². The van der Waals surface area contributed by atoms with Gasteiger partial charge in [-0.3, -0.25) is 25.8 Å². The molecule has 2 aromatic carbocycles. The highest BCUT2D eigenvalue weighted by Gasteiger charge is 2.06. The first kappa shape index (κ1) is 19.0. The number of nitro groups is 1. The van der Waals surface area contributed by atoms with E-state index in [1.807, 2.05) is 24.3 Å². The SMILES string of the molecule is C=C(NNC(=O)CSCc1ccc([N+](=O)[O-])cc1)c1ccc(Br)cc1. The molecule has 0 unspecified atom stereocenters. The van der Waals surface area contributed by atoms with Gasteiger partial charge in [-0.25, -0.2) is 0 Å². The number of carbonyl (C=O) groups is 1. The summed E-state index contributed by atoms with van der Waals surface area (Å²) in [5.74, 6) is 0.682. The highest BCUT2D eigenvalue weighted by molar-refractivity contribution is 9.10. The topological polar surface area (TPSA) is 84.3 Å². The molecule has 6 nitrogen and oxygen atoms in total. The molecule has 0 bridgehead atoms. The third-order valence-electron chi connectivity index (χ3n) is 3.19. The zero-order chi connectivity index (χ0) is 18.2. The second-order valence-corrected chi connectivity index (χ2v) is 6.98. The highest BCUT2D eigenvalue weighted by atomic mass is 79.9. The molecule has 2 aromatic rings. The number of benzene rings is 2. The van der Waals surface area contributed by atoms with Crippen molar-refractivity contribution in [2.75, 3.05) is 5.75 Å². The van der Waals surface area contributed by atoms with Crippen molar-refractivity contribution in [2.24, 2.45) is 0 Å².